The van der Waals surface area contributed by atoms with Crippen LogP contribution in [0.4, 0.5) is 0 Å². The fourth-order valence-electron chi connectivity index (χ4n) is 4.34. The first-order chi connectivity index (χ1) is 13.3. The van der Waals surface area contributed by atoms with Gasteiger partial charge in [0.15, 0.2) is 12.6 Å². The second kappa shape index (κ2) is 8.99. The van der Waals surface area contributed by atoms with E-state index in [1.807, 2.05) is 30.3 Å². The van der Waals surface area contributed by atoms with Crippen LogP contribution >= 0.6 is 0 Å². The summed E-state index contributed by atoms with van der Waals surface area (Å²) in [6.45, 7) is 0.436. The van der Waals surface area contributed by atoms with Crippen LogP contribution in [-0.2, 0) is 28.4 Å². The van der Waals surface area contributed by atoms with E-state index in [2.05, 4.69) is 0 Å². The Morgan fingerprint density at radius 2 is 1.63 bits per heavy atom. The Kier molecular flexibility index (Phi) is 6.42. The normalized spacial score (nSPS) is 37.7. The highest BCUT2D eigenvalue weighted by molar-refractivity contribution is 5.16. The molecule has 0 N–H and O–H groups in total. The number of hydrogen-bond donors (Lipinski definition) is 0. The van der Waals surface area contributed by atoms with Gasteiger partial charge >= 0.3 is 0 Å². The van der Waals surface area contributed by atoms with Gasteiger partial charge < -0.3 is 28.4 Å². The quantitative estimate of drug-likeness (QED) is 0.784. The average Bonchev–Trinajstić information content (AvgIpc) is 2.73. The van der Waals surface area contributed by atoms with Crippen molar-refractivity contribution in [2.24, 2.45) is 0 Å². The molecular weight excluding hydrogens is 348 g/mol. The van der Waals surface area contributed by atoms with Crippen molar-refractivity contribution in [2.75, 3.05) is 20.8 Å². The summed E-state index contributed by atoms with van der Waals surface area (Å²) in [5.41, 5.74) is 0.986. The molecule has 0 radical (unpaired) electrons. The molecule has 2 aliphatic heterocycles. The Hall–Kier alpha value is -1.02. The fraction of sp³-hybridized carbons (Fsp3) is 0.714. The van der Waals surface area contributed by atoms with Crippen LogP contribution in [0.15, 0.2) is 30.3 Å². The molecule has 1 aliphatic carbocycles. The van der Waals surface area contributed by atoms with E-state index in [1.165, 1.54) is 19.3 Å². The number of hydrogen-bond acceptors (Lipinski definition) is 6. The van der Waals surface area contributed by atoms with Gasteiger partial charge in [0.25, 0.3) is 0 Å². The lowest BCUT2D eigenvalue weighted by Crippen LogP contribution is -2.63. The number of fused-ring (bicyclic) bond motifs is 1. The zero-order valence-electron chi connectivity index (χ0n) is 16.1. The van der Waals surface area contributed by atoms with Crippen LogP contribution in [0.3, 0.4) is 0 Å². The lowest BCUT2D eigenvalue weighted by molar-refractivity contribution is -0.371. The molecule has 3 aliphatic rings. The van der Waals surface area contributed by atoms with Gasteiger partial charge in [-0.1, -0.05) is 49.6 Å². The molecule has 1 aromatic rings. The molecule has 0 aromatic heterocycles. The van der Waals surface area contributed by atoms with Gasteiger partial charge in [-0.3, -0.25) is 0 Å². The molecular formula is C21H30O6. The second-order valence-corrected chi connectivity index (χ2v) is 7.52. The molecule has 0 bridgehead atoms. The molecule has 1 saturated carbocycles. The molecule has 6 heteroatoms. The number of benzene rings is 1. The lowest BCUT2D eigenvalue weighted by Gasteiger charge is -2.49. The summed E-state index contributed by atoms with van der Waals surface area (Å²) in [4.78, 5) is 0. The number of ether oxygens (including phenoxy) is 6. The van der Waals surface area contributed by atoms with Gasteiger partial charge in [0, 0.05) is 19.8 Å². The molecule has 27 heavy (non-hydrogen) atoms. The molecule has 1 aromatic carbocycles. The second-order valence-electron chi connectivity index (χ2n) is 7.52. The summed E-state index contributed by atoms with van der Waals surface area (Å²) in [6, 6.07) is 9.93. The first-order valence-electron chi connectivity index (χ1n) is 9.98. The molecule has 6 nitrogen and oxygen atoms in total. The summed E-state index contributed by atoms with van der Waals surface area (Å²) >= 11 is 0. The van der Waals surface area contributed by atoms with Crippen molar-refractivity contribution in [2.45, 2.75) is 75.2 Å². The standard InChI is InChI=1S/C21H30O6/c1-22-18-17-16(13-24-20(27-17)14-9-5-3-6-10-14)26-21(19(18)23-2)25-15-11-7-4-8-12-15/h3,5-6,9-10,15-21H,4,7-8,11-13H2,1-2H3/t16-,17-,18+,19-,20?,21+/m1/s1. The van der Waals surface area contributed by atoms with Gasteiger partial charge in [0.05, 0.1) is 12.7 Å². The van der Waals surface area contributed by atoms with E-state index < -0.39 is 12.6 Å². The van der Waals surface area contributed by atoms with Crippen LogP contribution in [0, 0.1) is 0 Å². The Morgan fingerprint density at radius 1 is 0.889 bits per heavy atom. The van der Waals surface area contributed by atoms with Gasteiger partial charge in [-0.25, -0.2) is 0 Å². The van der Waals surface area contributed by atoms with Crippen LogP contribution in [0.1, 0.15) is 44.0 Å². The van der Waals surface area contributed by atoms with Crippen LogP contribution in [-0.4, -0.2) is 57.6 Å². The SMILES string of the molecule is CO[C@@H]1[C@@H](OC)[C@@H](OC2CCCCC2)O[C@@H]2COC(c3ccccc3)O[C@@H]12. The smallest absolute Gasteiger partial charge is 0.187 e. The van der Waals surface area contributed by atoms with Crippen molar-refractivity contribution in [3.8, 4) is 0 Å². The zero-order valence-corrected chi connectivity index (χ0v) is 16.1. The summed E-state index contributed by atoms with van der Waals surface area (Å²) < 4.78 is 36.2. The van der Waals surface area contributed by atoms with Crippen molar-refractivity contribution in [3.63, 3.8) is 0 Å². The fourth-order valence-corrected chi connectivity index (χ4v) is 4.34. The van der Waals surface area contributed by atoms with Gasteiger partial charge in [0.2, 0.25) is 0 Å². The van der Waals surface area contributed by atoms with Gasteiger partial charge in [-0.05, 0) is 12.8 Å². The molecule has 1 unspecified atom stereocenters. The molecule has 150 valence electrons. The van der Waals surface area contributed by atoms with E-state index in [0.29, 0.717) is 6.61 Å². The molecule has 0 amide bonds. The largest absolute Gasteiger partial charge is 0.376 e. The van der Waals surface area contributed by atoms with Gasteiger partial charge in [0.1, 0.15) is 24.4 Å². The first kappa shape index (κ1) is 19.3. The molecule has 0 spiro atoms. The minimum absolute atomic E-state index is 0.220. The average molecular weight is 378 g/mol. The van der Waals surface area contributed by atoms with Crippen molar-refractivity contribution in [1.29, 1.82) is 0 Å². The van der Waals surface area contributed by atoms with Gasteiger partial charge in [-0.2, -0.15) is 0 Å². The Morgan fingerprint density at radius 3 is 2.33 bits per heavy atom. The molecule has 2 saturated heterocycles. The Labute approximate surface area is 161 Å². The number of methoxy groups -OCH3 is 2. The third-order valence-corrected chi connectivity index (χ3v) is 5.78. The van der Waals surface area contributed by atoms with E-state index in [9.17, 15) is 0 Å². The maximum Gasteiger partial charge on any atom is 0.187 e. The minimum Gasteiger partial charge on any atom is -0.376 e. The highest BCUT2D eigenvalue weighted by Gasteiger charge is 2.51. The third kappa shape index (κ3) is 4.21. The van der Waals surface area contributed by atoms with Crippen molar-refractivity contribution < 1.29 is 28.4 Å². The predicted octanol–water partition coefficient (Wildman–Crippen LogP) is 3.20. The van der Waals surface area contributed by atoms with E-state index in [1.54, 1.807) is 14.2 Å². The van der Waals surface area contributed by atoms with E-state index in [4.69, 9.17) is 28.4 Å². The lowest BCUT2D eigenvalue weighted by atomic mass is 9.95. The summed E-state index contributed by atoms with van der Waals surface area (Å²) in [5, 5.41) is 0. The van der Waals surface area contributed by atoms with Crippen molar-refractivity contribution in [3.05, 3.63) is 35.9 Å². The first-order valence-corrected chi connectivity index (χ1v) is 9.98. The van der Waals surface area contributed by atoms with Crippen molar-refractivity contribution >= 4 is 0 Å². The zero-order chi connectivity index (χ0) is 18.6. The Balaban J connectivity index is 1.47. The molecule has 2 heterocycles. The summed E-state index contributed by atoms with van der Waals surface area (Å²) in [6.07, 6.45) is 4.04. The van der Waals surface area contributed by atoms with Crippen LogP contribution < -0.4 is 0 Å². The van der Waals surface area contributed by atoms with Crippen LogP contribution in [0.25, 0.3) is 0 Å². The molecule has 3 fully saturated rings. The molecule has 6 atom stereocenters. The van der Waals surface area contributed by atoms with E-state index in [0.717, 1.165) is 18.4 Å². The van der Waals surface area contributed by atoms with Crippen molar-refractivity contribution in [1.82, 2.24) is 0 Å². The van der Waals surface area contributed by atoms with E-state index >= 15 is 0 Å². The highest BCUT2D eigenvalue weighted by atomic mass is 16.8. The van der Waals surface area contributed by atoms with Crippen LogP contribution in [0.5, 0.6) is 0 Å². The Bertz CT molecular complexity index is 575. The predicted molar refractivity (Wildman–Crippen MR) is 98.2 cm³/mol. The number of rotatable bonds is 5. The van der Waals surface area contributed by atoms with E-state index in [-0.39, 0.29) is 30.5 Å². The highest BCUT2D eigenvalue weighted by Crippen LogP contribution is 2.37. The topological polar surface area (TPSA) is 55.4 Å². The maximum absolute atomic E-state index is 6.29. The van der Waals surface area contributed by atoms with Gasteiger partial charge in [-0.15, -0.1) is 0 Å². The third-order valence-electron chi connectivity index (χ3n) is 5.78. The summed E-state index contributed by atoms with van der Waals surface area (Å²) in [5.74, 6) is 0. The molecule has 4 rings (SSSR count). The maximum atomic E-state index is 6.29. The monoisotopic (exact) mass is 378 g/mol. The van der Waals surface area contributed by atoms with Crippen LogP contribution in [0.2, 0.25) is 0 Å². The summed E-state index contributed by atoms with van der Waals surface area (Å²) in [7, 11) is 3.36. The minimum atomic E-state index is -0.468.